The van der Waals surface area contributed by atoms with Gasteiger partial charge in [0.05, 0.1) is 0 Å². The van der Waals surface area contributed by atoms with Gasteiger partial charge in [-0.05, 0) is 33.6 Å². The summed E-state index contributed by atoms with van der Waals surface area (Å²) < 4.78 is 0. The first-order valence-corrected chi connectivity index (χ1v) is 9.27. The molecular formula is C19H41N. The van der Waals surface area contributed by atoms with Gasteiger partial charge in [-0.1, -0.05) is 78.1 Å². The van der Waals surface area contributed by atoms with E-state index in [1.54, 1.807) is 0 Å². The number of unbranched alkanes of at least 4 members (excludes halogenated alkanes) is 8. The molecular weight excluding hydrogens is 242 g/mol. The summed E-state index contributed by atoms with van der Waals surface area (Å²) in [5.74, 6) is 0. The van der Waals surface area contributed by atoms with Gasteiger partial charge in [0, 0.05) is 11.6 Å². The van der Waals surface area contributed by atoms with Gasteiger partial charge in [0.2, 0.25) is 0 Å². The molecule has 0 aromatic heterocycles. The lowest BCUT2D eigenvalue weighted by Gasteiger charge is -2.29. The molecule has 0 unspecified atom stereocenters. The molecule has 0 rings (SSSR count). The summed E-state index contributed by atoms with van der Waals surface area (Å²) in [4.78, 5) is 0. The topological polar surface area (TPSA) is 12.0 Å². The third-order valence-electron chi connectivity index (χ3n) is 3.95. The molecule has 0 fully saturated rings. The second-order valence-electron chi connectivity index (χ2n) is 7.50. The fraction of sp³-hybridized carbons (Fsp3) is 1.00. The van der Waals surface area contributed by atoms with Crippen molar-refractivity contribution in [2.75, 3.05) is 0 Å². The van der Waals surface area contributed by atoms with Gasteiger partial charge in [0.15, 0.2) is 0 Å². The molecule has 0 spiro atoms. The lowest BCUT2D eigenvalue weighted by molar-refractivity contribution is 0.318. The molecule has 0 saturated carbocycles. The van der Waals surface area contributed by atoms with Crippen LogP contribution in [0, 0.1) is 0 Å². The molecule has 1 heteroatoms. The van der Waals surface area contributed by atoms with Crippen LogP contribution in [0.3, 0.4) is 0 Å². The Morgan fingerprint density at radius 2 is 1.05 bits per heavy atom. The van der Waals surface area contributed by atoms with Crippen molar-refractivity contribution in [3.8, 4) is 0 Å². The van der Waals surface area contributed by atoms with E-state index in [9.17, 15) is 0 Å². The summed E-state index contributed by atoms with van der Waals surface area (Å²) in [6.07, 6.45) is 16.8. The van der Waals surface area contributed by atoms with Gasteiger partial charge in [0.1, 0.15) is 0 Å². The highest BCUT2D eigenvalue weighted by Gasteiger charge is 2.16. The molecule has 122 valence electrons. The summed E-state index contributed by atoms with van der Waals surface area (Å²) in [5, 5.41) is 3.84. The van der Waals surface area contributed by atoms with E-state index < -0.39 is 0 Å². The van der Waals surface area contributed by atoms with E-state index in [1.807, 2.05) is 0 Å². The van der Waals surface area contributed by atoms with Crippen molar-refractivity contribution in [1.29, 1.82) is 0 Å². The Morgan fingerprint density at radius 1 is 0.650 bits per heavy atom. The molecule has 0 aromatic carbocycles. The Bertz CT molecular complexity index is 178. The van der Waals surface area contributed by atoms with E-state index in [4.69, 9.17) is 0 Å². The van der Waals surface area contributed by atoms with Gasteiger partial charge in [-0.2, -0.15) is 0 Å². The smallest absolute Gasteiger partial charge is 0.00990 e. The molecule has 0 aliphatic heterocycles. The van der Waals surface area contributed by atoms with E-state index in [-0.39, 0.29) is 5.54 Å². The van der Waals surface area contributed by atoms with Crippen molar-refractivity contribution in [3.05, 3.63) is 0 Å². The normalized spacial score (nSPS) is 12.3. The van der Waals surface area contributed by atoms with Crippen molar-refractivity contribution < 1.29 is 0 Å². The fourth-order valence-corrected chi connectivity index (χ4v) is 2.89. The lowest BCUT2D eigenvalue weighted by Crippen LogP contribution is -2.43. The van der Waals surface area contributed by atoms with Crippen LogP contribution < -0.4 is 5.32 Å². The number of hydrogen-bond donors (Lipinski definition) is 1. The molecule has 0 aromatic rings. The summed E-state index contributed by atoms with van der Waals surface area (Å²) in [7, 11) is 0. The van der Waals surface area contributed by atoms with Crippen molar-refractivity contribution in [2.45, 2.75) is 123 Å². The average Bonchev–Trinajstić information content (AvgIpc) is 2.36. The molecule has 1 nitrogen and oxygen atoms in total. The van der Waals surface area contributed by atoms with Crippen LogP contribution in [0.4, 0.5) is 0 Å². The van der Waals surface area contributed by atoms with E-state index in [2.05, 4.69) is 39.9 Å². The van der Waals surface area contributed by atoms with E-state index in [0.717, 1.165) is 6.04 Å². The minimum atomic E-state index is 0.261. The maximum Gasteiger partial charge on any atom is 0.00990 e. The highest BCUT2D eigenvalue weighted by Crippen LogP contribution is 2.16. The van der Waals surface area contributed by atoms with Crippen LogP contribution in [0.15, 0.2) is 0 Å². The van der Waals surface area contributed by atoms with Crippen molar-refractivity contribution in [2.24, 2.45) is 0 Å². The standard InChI is InChI=1S/C19H41N/c1-6-8-10-12-14-16-18(20-19(3,4)5)17-15-13-11-9-7-2/h18,20H,6-17H2,1-5H3. The van der Waals surface area contributed by atoms with Crippen LogP contribution >= 0.6 is 0 Å². The predicted octanol–water partition coefficient (Wildman–Crippen LogP) is 6.46. The summed E-state index contributed by atoms with van der Waals surface area (Å²) in [6.45, 7) is 11.5. The number of rotatable bonds is 13. The molecule has 0 saturated heterocycles. The largest absolute Gasteiger partial charge is 0.309 e. The SMILES string of the molecule is CCCCCCCC(CCCCCCC)NC(C)(C)C. The van der Waals surface area contributed by atoms with E-state index >= 15 is 0 Å². The molecule has 0 amide bonds. The molecule has 0 aliphatic carbocycles. The minimum absolute atomic E-state index is 0.261. The third-order valence-corrected chi connectivity index (χ3v) is 3.95. The Kier molecular flexibility index (Phi) is 12.7. The third kappa shape index (κ3) is 14.4. The van der Waals surface area contributed by atoms with Crippen LogP contribution in [0.1, 0.15) is 112 Å². The van der Waals surface area contributed by atoms with Crippen LogP contribution in [0.2, 0.25) is 0 Å². The molecule has 0 radical (unpaired) electrons. The second kappa shape index (κ2) is 12.7. The van der Waals surface area contributed by atoms with Gasteiger partial charge in [0.25, 0.3) is 0 Å². The fourth-order valence-electron chi connectivity index (χ4n) is 2.89. The zero-order valence-electron chi connectivity index (χ0n) is 15.1. The van der Waals surface area contributed by atoms with E-state index in [1.165, 1.54) is 77.0 Å². The maximum absolute atomic E-state index is 3.84. The Morgan fingerprint density at radius 3 is 1.40 bits per heavy atom. The van der Waals surface area contributed by atoms with Crippen LogP contribution in [-0.4, -0.2) is 11.6 Å². The highest BCUT2D eigenvalue weighted by molar-refractivity contribution is 4.78. The Balaban J connectivity index is 3.83. The van der Waals surface area contributed by atoms with Gasteiger partial charge in [-0.3, -0.25) is 0 Å². The molecule has 0 atom stereocenters. The van der Waals surface area contributed by atoms with Crippen LogP contribution in [0.5, 0.6) is 0 Å². The number of hydrogen-bond acceptors (Lipinski definition) is 1. The van der Waals surface area contributed by atoms with Gasteiger partial charge < -0.3 is 5.32 Å². The number of nitrogens with one attached hydrogen (secondary N) is 1. The molecule has 20 heavy (non-hydrogen) atoms. The minimum Gasteiger partial charge on any atom is -0.309 e. The molecule has 0 heterocycles. The monoisotopic (exact) mass is 283 g/mol. The summed E-state index contributed by atoms with van der Waals surface area (Å²) in [6, 6.07) is 0.734. The average molecular weight is 284 g/mol. The Labute approximate surface area is 129 Å². The van der Waals surface area contributed by atoms with E-state index in [0.29, 0.717) is 0 Å². The summed E-state index contributed by atoms with van der Waals surface area (Å²) >= 11 is 0. The predicted molar refractivity (Wildman–Crippen MR) is 93.4 cm³/mol. The van der Waals surface area contributed by atoms with Crippen molar-refractivity contribution in [1.82, 2.24) is 5.32 Å². The first-order valence-electron chi connectivity index (χ1n) is 9.27. The maximum atomic E-state index is 3.84. The Hall–Kier alpha value is -0.0400. The van der Waals surface area contributed by atoms with Gasteiger partial charge in [-0.25, -0.2) is 0 Å². The van der Waals surface area contributed by atoms with Crippen molar-refractivity contribution >= 4 is 0 Å². The van der Waals surface area contributed by atoms with Crippen molar-refractivity contribution in [3.63, 3.8) is 0 Å². The first-order chi connectivity index (χ1) is 9.49. The quantitative estimate of drug-likeness (QED) is 0.382. The zero-order valence-corrected chi connectivity index (χ0v) is 15.1. The zero-order chi connectivity index (χ0) is 15.3. The summed E-state index contributed by atoms with van der Waals surface area (Å²) in [5.41, 5.74) is 0.261. The van der Waals surface area contributed by atoms with Crippen LogP contribution in [0.25, 0.3) is 0 Å². The second-order valence-corrected chi connectivity index (χ2v) is 7.50. The molecule has 0 aliphatic rings. The van der Waals surface area contributed by atoms with Crippen LogP contribution in [-0.2, 0) is 0 Å². The van der Waals surface area contributed by atoms with Gasteiger partial charge in [-0.15, -0.1) is 0 Å². The lowest BCUT2D eigenvalue weighted by atomic mass is 9.97. The van der Waals surface area contributed by atoms with Gasteiger partial charge >= 0.3 is 0 Å². The molecule has 1 N–H and O–H groups in total. The molecule has 0 bridgehead atoms. The highest BCUT2D eigenvalue weighted by atomic mass is 15.0. The first kappa shape index (κ1) is 20.0.